The van der Waals surface area contributed by atoms with E-state index in [-0.39, 0.29) is 5.60 Å². The molecule has 0 spiro atoms. The highest BCUT2D eigenvalue weighted by Gasteiger charge is 2.65. The third kappa shape index (κ3) is 1.20. The molecule has 0 saturated carbocycles. The van der Waals surface area contributed by atoms with Crippen molar-refractivity contribution in [2.24, 2.45) is 0 Å². The summed E-state index contributed by atoms with van der Waals surface area (Å²) in [5.74, 6) is -1.16. The lowest BCUT2D eigenvalue weighted by molar-refractivity contribution is 0.0443. The first kappa shape index (κ1) is 11.6. The highest BCUT2D eigenvalue weighted by molar-refractivity contribution is 6.17. The minimum Gasteiger partial charge on any atom is -0.386 e. The molecule has 1 aromatic rings. The number of epoxide rings is 1. The number of cyclic esters (lactones) is 2. The van der Waals surface area contributed by atoms with E-state index in [0.717, 1.165) is 5.57 Å². The van der Waals surface area contributed by atoms with E-state index < -0.39 is 17.5 Å². The van der Waals surface area contributed by atoms with Crippen molar-refractivity contribution in [3.8, 4) is 0 Å². The van der Waals surface area contributed by atoms with Gasteiger partial charge in [0, 0.05) is 0 Å². The van der Waals surface area contributed by atoms with Gasteiger partial charge < -0.3 is 9.47 Å². The molecule has 0 amide bonds. The van der Waals surface area contributed by atoms with Gasteiger partial charge in [0.2, 0.25) is 0 Å². The maximum Gasteiger partial charge on any atom is 0.347 e. The molecule has 4 rings (SSSR count). The summed E-state index contributed by atoms with van der Waals surface area (Å²) in [6.07, 6.45) is 5.86. The largest absolute Gasteiger partial charge is 0.386 e. The van der Waals surface area contributed by atoms with Crippen LogP contribution in [-0.2, 0) is 9.47 Å². The van der Waals surface area contributed by atoms with Crippen molar-refractivity contribution in [3.05, 3.63) is 53.1 Å². The average molecular weight is 268 g/mol. The van der Waals surface area contributed by atoms with Gasteiger partial charge >= 0.3 is 11.9 Å². The van der Waals surface area contributed by atoms with E-state index in [0.29, 0.717) is 16.7 Å². The minimum absolute atomic E-state index is 0.328. The molecule has 2 heterocycles. The lowest BCUT2D eigenvalue weighted by atomic mass is 9.79. The number of rotatable bonds is 1. The number of benzene rings is 1. The molecule has 0 aromatic heterocycles. The lowest BCUT2D eigenvalue weighted by Crippen LogP contribution is -2.22. The summed E-state index contributed by atoms with van der Waals surface area (Å²) in [7, 11) is 0. The molecule has 20 heavy (non-hydrogen) atoms. The van der Waals surface area contributed by atoms with Gasteiger partial charge in [-0.15, -0.1) is 0 Å². The average Bonchev–Trinajstić information content (AvgIpc) is 2.88. The molecule has 1 aromatic carbocycles. The van der Waals surface area contributed by atoms with Gasteiger partial charge in [-0.2, -0.15) is 0 Å². The molecule has 2 unspecified atom stereocenters. The summed E-state index contributed by atoms with van der Waals surface area (Å²) in [4.78, 5) is 23.6. The van der Waals surface area contributed by atoms with Gasteiger partial charge in [-0.25, -0.2) is 9.59 Å². The molecule has 0 bridgehead atoms. The van der Waals surface area contributed by atoms with E-state index in [4.69, 9.17) is 9.47 Å². The van der Waals surface area contributed by atoms with Crippen LogP contribution in [0.1, 0.15) is 40.1 Å². The van der Waals surface area contributed by atoms with Crippen molar-refractivity contribution in [3.63, 3.8) is 0 Å². The molecule has 1 aliphatic carbocycles. The molecule has 1 saturated heterocycles. The van der Waals surface area contributed by atoms with Gasteiger partial charge in [0.05, 0.1) is 11.1 Å². The smallest absolute Gasteiger partial charge is 0.347 e. The fraction of sp³-hybridized carbons (Fsp3) is 0.250. The Morgan fingerprint density at radius 3 is 2.60 bits per heavy atom. The number of esters is 2. The van der Waals surface area contributed by atoms with Crippen LogP contribution in [0.5, 0.6) is 0 Å². The number of allylic oxidation sites excluding steroid dienone is 2. The van der Waals surface area contributed by atoms with Crippen molar-refractivity contribution in [2.75, 3.05) is 0 Å². The molecule has 4 heteroatoms. The molecule has 4 nitrogen and oxygen atoms in total. The second-order valence-electron chi connectivity index (χ2n) is 5.59. The van der Waals surface area contributed by atoms with E-state index in [9.17, 15) is 9.59 Å². The molecule has 2 atom stereocenters. The van der Waals surface area contributed by atoms with Crippen molar-refractivity contribution in [2.45, 2.75) is 25.0 Å². The number of hydrogen-bond donors (Lipinski definition) is 0. The highest BCUT2D eigenvalue weighted by atomic mass is 16.6. The fourth-order valence-electron chi connectivity index (χ4n) is 3.10. The van der Waals surface area contributed by atoms with E-state index in [1.807, 2.05) is 38.1 Å². The van der Waals surface area contributed by atoms with Crippen LogP contribution in [0, 0.1) is 0 Å². The van der Waals surface area contributed by atoms with Gasteiger partial charge in [0.15, 0.2) is 0 Å². The predicted molar refractivity (Wildman–Crippen MR) is 71.2 cm³/mol. The normalized spacial score (nSPS) is 33.4. The first-order chi connectivity index (χ1) is 9.46. The topological polar surface area (TPSA) is 55.9 Å². The summed E-state index contributed by atoms with van der Waals surface area (Å²) in [6.45, 7) is 3.99. The molecule has 2 aliphatic heterocycles. The van der Waals surface area contributed by atoms with Crippen LogP contribution in [0.15, 0.2) is 36.4 Å². The van der Waals surface area contributed by atoms with E-state index in [2.05, 4.69) is 0 Å². The first-order valence-corrected chi connectivity index (χ1v) is 6.46. The highest BCUT2D eigenvalue weighted by Crippen LogP contribution is 2.58. The van der Waals surface area contributed by atoms with Crippen LogP contribution in [0.4, 0.5) is 0 Å². The standard InChI is InChI=1S/C16H12O4/c1-15-8-4-7-11(16(15,2)20-15)9-5-3-6-10-12(9)14(18)19-13(10)17/h3-8H,1-2H3. The Morgan fingerprint density at radius 2 is 1.80 bits per heavy atom. The van der Waals surface area contributed by atoms with Crippen LogP contribution >= 0.6 is 0 Å². The monoisotopic (exact) mass is 268 g/mol. The summed E-state index contributed by atoms with van der Waals surface area (Å²) < 4.78 is 10.6. The molecule has 3 aliphatic rings. The molecular formula is C16H12O4. The van der Waals surface area contributed by atoms with Gasteiger partial charge in [-0.05, 0) is 37.1 Å². The number of carbonyl (C=O) groups is 2. The Labute approximate surface area is 115 Å². The Balaban J connectivity index is 1.94. The quantitative estimate of drug-likeness (QED) is 0.446. The van der Waals surface area contributed by atoms with Gasteiger partial charge in [-0.1, -0.05) is 24.3 Å². The van der Waals surface area contributed by atoms with Crippen LogP contribution < -0.4 is 0 Å². The predicted octanol–water partition coefficient (Wildman–Crippen LogP) is 2.50. The molecule has 100 valence electrons. The Bertz CT molecular complexity index is 743. The SMILES string of the molecule is CC12C=CC=C(c3cccc4c3C(=O)OC4=O)C1(C)O2. The zero-order valence-electron chi connectivity index (χ0n) is 11.1. The van der Waals surface area contributed by atoms with Crippen molar-refractivity contribution < 1.29 is 19.1 Å². The Morgan fingerprint density at radius 1 is 1.05 bits per heavy atom. The third-order valence-corrected chi connectivity index (χ3v) is 4.48. The first-order valence-electron chi connectivity index (χ1n) is 6.46. The number of fused-ring (bicyclic) bond motifs is 2. The Hall–Kier alpha value is -2.20. The lowest BCUT2D eigenvalue weighted by Gasteiger charge is -2.19. The van der Waals surface area contributed by atoms with Crippen LogP contribution in [0.3, 0.4) is 0 Å². The van der Waals surface area contributed by atoms with E-state index in [1.165, 1.54) is 0 Å². The summed E-state index contributed by atoms with van der Waals surface area (Å²) in [6, 6.07) is 5.20. The maximum atomic E-state index is 11.9. The van der Waals surface area contributed by atoms with Crippen molar-refractivity contribution in [1.29, 1.82) is 0 Å². The van der Waals surface area contributed by atoms with Crippen LogP contribution in [0.2, 0.25) is 0 Å². The van der Waals surface area contributed by atoms with Gasteiger partial charge in [0.25, 0.3) is 0 Å². The van der Waals surface area contributed by atoms with Crippen molar-refractivity contribution >= 4 is 17.5 Å². The summed E-state index contributed by atoms with van der Waals surface area (Å²) in [5.41, 5.74) is 1.50. The van der Waals surface area contributed by atoms with E-state index in [1.54, 1.807) is 12.1 Å². The van der Waals surface area contributed by atoms with Crippen molar-refractivity contribution in [1.82, 2.24) is 0 Å². The van der Waals surface area contributed by atoms with Crippen LogP contribution in [-0.4, -0.2) is 23.1 Å². The van der Waals surface area contributed by atoms with Gasteiger partial charge in [-0.3, -0.25) is 0 Å². The fourth-order valence-corrected chi connectivity index (χ4v) is 3.10. The zero-order valence-corrected chi connectivity index (χ0v) is 11.1. The van der Waals surface area contributed by atoms with E-state index >= 15 is 0 Å². The summed E-state index contributed by atoms with van der Waals surface area (Å²) in [5, 5.41) is 0. The maximum absolute atomic E-state index is 11.9. The molecular weight excluding hydrogens is 256 g/mol. The molecule has 0 radical (unpaired) electrons. The number of carbonyl (C=O) groups excluding carboxylic acids is 2. The Kier molecular flexibility index (Phi) is 1.90. The number of ether oxygens (including phenoxy) is 2. The zero-order chi connectivity index (χ0) is 14.1. The third-order valence-electron chi connectivity index (χ3n) is 4.48. The molecule has 0 N–H and O–H groups in total. The minimum atomic E-state index is -0.581. The second-order valence-corrected chi connectivity index (χ2v) is 5.59. The second kappa shape index (κ2) is 3.27. The van der Waals surface area contributed by atoms with Gasteiger partial charge in [0.1, 0.15) is 11.2 Å². The number of hydrogen-bond acceptors (Lipinski definition) is 4. The van der Waals surface area contributed by atoms with Crippen LogP contribution in [0.25, 0.3) is 5.57 Å². The molecule has 1 fully saturated rings. The summed E-state index contributed by atoms with van der Waals surface area (Å²) >= 11 is 0.